The van der Waals surface area contributed by atoms with Crippen LogP contribution in [0.3, 0.4) is 0 Å². The molecule has 0 unspecified atom stereocenters. The van der Waals surface area contributed by atoms with E-state index in [-0.39, 0.29) is 6.04 Å². The minimum Gasteiger partial charge on any atom is -0.480 e. The minimum absolute atomic E-state index is 0.0165. The monoisotopic (exact) mass is 334 g/mol. The fourth-order valence-corrected chi connectivity index (χ4v) is 4.06. The maximum Gasteiger partial charge on any atom is 0.326 e. The van der Waals surface area contributed by atoms with Gasteiger partial charge in [0, 0.05) is 23.0 Å². The quantitative estimate of drug-likeness (QED) is 0.822. The van der Waals surface area contributed by atoms with Crippen molar-refractivity contribution in [1.82, 2.24) is 9.88 Å². The molecule has 2 heterocycles. The number of carbonyl (C=O) groups is 1. The van der Waals surface area contributed by atoms with Crippen molar-refractivity contribution in [2.24, 2.45) is 0 Å². The molecule has 0 saturated carbocycles. The zero-order valence-corrected chi connectivity index (χ0v) is 14.1. The molecular formula is C16H18N2O2S2. The second-order valence-electron chi connectivity index (χ2n) is 5.42. The minimum atomic E-state index is -0.814. The van der Waals surface area contributed by atoms with Crippen LogP contribution in [0.1, 0.15) is 30.6 Å². The Balaban J connectivity index is 2.19. The van der Waals surface area contributed by atoms with Gasteiger partial charge in [-0.05, 0) is 24.3 Å². The summed E-state index contributed by atoms with van der Waals surface area (Å²) in [4.78, 5) is 17.2. The molecule has 1 aromatic carbocycles. The molecule has 0 spiro atoms. The standard InChI is InChI=1S/C16H18N2O2S2/c1-3-12-14-10(9-6-4-5-7-11(9)17-14)8-13(15(19)20)18(12)16(21)22-2/h4-7,12-13,17H,3,8H2,1-2H3,(H,19,20)/t12-,13-/m0/s1. The zero-order valence-electron chi connectivity index (χ0n) is 12.5. The summed E-state index contributed by atoms with van der Waals surface area (Å²) in [5, 5.41) is 10.8. The number of thiocarbonyl (C=S) groups is 1. The number of benzene rings is 1. The number of fused-ring (bicyclic) bond motifs is 3. The number of thioether (sulfide) groups is 1. The van der Waals surface area contributed by atoms with Crippen LogP contribution in [0.5, 0.6) is 0 Å². The van der Waals surface area contributed by atoms with E-state index in [1.807, 2.05) is 29.4 Å². The summed E-state index contributed by atoms with van der Waals surface area (Å²) in [5.74, 6) is -0.814. The Morgan fingerprint density at radius 1 is 1.50 bits per heavy atom. The Hall–Kier alpha value is -1.53. The van der Waals surface area contributed by atoms with Crippen LogP contribution in [0, 0.1) is 0 Å². The van der Waals surface area contributed by atoms with Crippen LogP contribution in [-0.4, -0.2) is 37.6 Å². The number of rotatable bonds is 2. The van der Waals surface area contributed by atoms with Crippen molar-refractivity contribution in [3.8, 4) is 0 Å². The van der Waals surface area contributed by atoms with E-state index in [1.54, 1.807) is 0 Å². The Labute approximate surface area is 138 Å². The van der Waals surface area contributed by atoms with Crippen molar-refractivity contribution < 1.29 is 9.90 Å². The third kappa shape index (κ3) is 2.30. The lowest BCUT2D eigenvalue weighted by Gasteiger charge is -2.41. The maximum atomic E-state index is 11.8. The second-order valence-corrected chi connectivity index (χ2v) is 6.86. The normalized spacial score (nSPS) is 20.9. The van der Waals surface area contributed by atoms with Crippen LogP contribution in [0.2, 0.25) is 0 Å². The predicted molar refractivity (Wildman–Crippen MR) is 94.4 cm³/mol. The summed E-state index contributed by atoms with van der Waals surface area (Å²) >= 11 is 6.87. The first kappa shape index (κ1) is 15.4. The number of carboxylic acid groups (broad SMARTS) is 1. The van der Waals surface area contributed by atoms with Crippen LogP contribution in [0.4, 0.5) is 0 Å². The molecule has 1 aromatic heterocycles. The van der Waals surface area contributed by atoms with Gasteiger partial charge in [-0.15, -0.1) is 11.8 Å². The third-order valence-electron chi connectivity index (χ3n) is 4.31. The number of nitrogens with zero attached hydrogens (tertiary/aromatic N) is 1. The fraction of sp³-hybridized carbons (Fsp3) is 0.375. The van der Waals surface area contributed by atoms with Gasteiger partial charge in [-0.1, -0.05) is 37.3 Å². The first-order chi connectivity index (χ1) is 10.6. The number of hydrogen-bond donors (Lipinski definition) is 2. The number of nitrogens with one attached hydrogen (secondary N) is 1. The van der Waals surface area contributed by atoms with E-state index in [0.717, 1.165) is 28.6 Å². The van der Waals surface area contributed by atoms with Gasteiger partial charge in [0.1, 0.15) is 10.4 Å². The number of aromatic nitrogens is 1. The van der Waals surface area contributed by atoms with E-state index in [2.05, 4.69) is 18.0 Å². The largest absolute Gasteiger partial charge is 0.480 e. The molecule has 3 rings (SSSR count). The Kier molecular flexibility index (Phi) is 4.14. The van der Waals surface area contributed by atoms with Gasteiger partial charge in [0.2, 0.25) is 0 Å². The van der Waals surface area contributed by atoms with Gasteiger partial charge in [0.25, 0.3) is 0 Å². The average Bonchev–Trinajstić information content (AvgIpc) is 2.90. The highest BCUT2D eigenvalue weighted by Crippen LogP contribution is 2.40. The summed E-state index contributed by atoms with van der Waals surface area (Å²) in [7, 11) is 0. The molecule has 2 aromatic rings. The Bertz CT molecular complexity index is 741. The van der Waals surface area contributed by atoms with E-state index in [9.17, 15) is 9.90 Å². The van der Waals surface area contributed by atoms with Crippen LogP contribution in [0.15, 0.2) is 24.3 Å². The molecule has 0 amide bonds. The SMILES string of the molecule is CC[C@H]1c2[nH]c3ccccc3c2C[C@@H](C(=O)O)N1C(=S)SC. The van der Waals surface area contributed by atoms with Crippen molar-refractivity contribution in [2.45, 2.75) is 31.8 Å². The van der Waals surface area contributed by atoms with Gasteiger partial charge < -0.3 is 15.0 Å². The van der Waals surface area contributed by atoms with E-state index >= 15 is 0 Å². The summed E-state index contributed by atoms with van der Waals surface area (Å²) in [5.41, 5.74) is 3.29. The lowest BCUT2D eigenvalue weighted by molar-refractivity contribution is -0.142. The molecule has 22 heavy (non-hydrogen) atoms. The van der Waals surface area contributed by atoms with E-state index in [4.69, 9.17) is 12.2 Å². The van der Waals surface area contributed by atoms with E-state index < -0.39 is 12.0 Å². The highest BCUT2D eigenvalue weighted by Gasteiger charge is 2.40. The van der Waals surface area contributed by atoms with Gasteiger partial charge in [-0.3, -0.25) is 0 Å². The second kappa shape index (κ2) is 5.93. The molecule has 116 valence electrons. The molecule has 2 N–H and O–H groups in total. The first-order valence-corrected chi connectivity index (χ1v) is 8.90. The molecule has 1 aliphatic heterocycles. The van der Waals surface area contributed by atoms with Crippen molar-refractivity contribution >= 4 is 45.2 Å². The number of carboxylic acids is 1. The number of hydrogen-bond acceptors (Lipinski definition) is 3. The third-order valence-corrected chi connectivity index (χ3v) is 5.58. The predicted octanol–water partition coefficient (Wildman–Crippen LogP) is 3.58. The van der Waals surface area contributed by atoms with Crippen molar-refractivity contribution in [2.75, 3.05) is 6.26 Å². The van der Waals surface area contributed by atoms with Gasteiger partial charge >= 0.3 is 5.97 Å². The van der Waals surface area contributed by atoms with Gasteiger partial charge in [-0.2, -0.15) is 0 Å². The first-order valence-electron chi connectivity index (χ1n) is 7.27. The highest BCUT2D eigenvalue weighted by molar-refractivity contribution is 8.22. The number of H-pyrrole nitrogens is 1. The molecule has 0 radical (unpaired) electrons. The Morgan fingerprint density at radius 2 is 2.23 bits per heavy atom. The van der Waals surface area contributed by atoms with E-state index in [0.29, 0.717) is 10.7 Å². The summed E-state index contributed by atoms with van der Waals surface area (Å²) < 4.78 is 0.642. The topological polar surface area (TPSA) is 56.3 Å². The van der Waals surface area contributed by atoms with E-state index in [1.165, 1.54) is 11.8 Å². The van der Waals surface area contributed by atoms with Crippen LogP contribution >= 0.6 is 24.0 Å². The highest BCUT2D eigenvalue weighted by atomic mass is 32.2. The van der Waals surface area contributed by atoms with Gasteiger partial charge in [0.05, 0.1) is 6.04 Å². The maximum absolute atomic E-state index is 11.8. The number of aromatic amines is 1. The molecule has 2 atom stereocenters. The molecule has 0 bridgehead atoms. The van der Waals surface area contributed by atoms with Crippen molar-refractivity contribution in [1.29, 1.82) is 0 Å². The van der Waals surface area contributed by atoms with Crippen LogP contribution in [-0.2, 0) is 11.2 Å². The number of aliphatic carboxylic acids is 1. The molecule has 0 aliphatic carbocycles. The molecule has 0 fully saturated rings. The van der Waals surface area contributed by atoms with Gasteiger partial charge in [0.15, 0.2) is 0 Å². The summed E-state index contributed by atoms with van der Waals surface area (Å²) in [6.07, 6.45) is 3.19. The smallest absolute Gasteiger partial charge is 0.326 e. The van der Waals surface area contributed by atoms with Gasteiger partial charge in [-0.25, -0.2) is 4.79 Å². The summed E-state index contributed by atoms with van der Waals surface area (Å²) in [6, 6.07) is 7.46. The van der Waals surface area contributed by atoms with Crippen LogP contribution in [0.25, 0.3) is 10.9 Å². The fourth-order valence-electron chi connectivity index (χ4n) is 3.34. The van der Waals surface area contributed by atoms with Crippen molar-refractivity contribution in [3.05, 3.63) is 35.5 Å². The molecule has 6 heteroatoms. The molecule has 0 saturated heterocycles. The molecular weight excluding hydrogens is 316 g/mol. The zero-order chi connectivity index (χ0) is 15.9. The lowest BCUT2D eigenvalue weighted by atomic mass is 9.91. The Morgan fingerprint density at radius 3 is 2.86 bits per heavy atom. The van der Waals surface area contributed by atoms with Crippen molar-refractivity contribution in [3.63, 3.8) is 0 Å². The number of para-hydroxylation sites is 1. The lowest BCUT2D eigenvalue weighted by Crippen LogP contribution is -2.49. The summed E-state index contributed by atoms with van der Waals surface area (Å²) in [6.45, 7) is 2.07. The van der Waals surface area contributed by atoms with Crippen LogP contribution < -0.4 is 0 Å². The molecule has 4 nitrogen and oxygen atoms in total. The molecule has 1 aliphatic rings. The average molecular weight is 334 g/mol.